The van der Waals surface area contributed by atoms with Gasteiger partial charge in [-0.15, -0.1) is 4.72 Å². The third-order valence-electron chi connectivity index (χ3n) is 2.90. The minimum absolute atomic E-state index is 0.0279. The Morgan fingerprint density at radius 1 is 1.45 bits per heavy atom. The molecule has 4 nitrogen and oxygen atoms in total. The summed E-state index contributed by atoms with van der Waals surface area (Å²) in [5.74, 6) is -2.99. The molecule has 1 aromatic carbocycles. The van der Waals surface area contributed by atoms with Gasteiger partial charge in [0, 0.05) is 16.9 Å². The molecule has 0 aliphatic rings. The van der Waals surface area contributed by atoms with Crippen molar-refractivity contribution in [2.45, 2.75) is 44.9 Å². The van der Waals surface area contributed by atoms with Crippen LogP contribution in [0.2, 0.25) is 0 Å². The molecule has 1 rings (SSSR count). The summed E-state index contributed by atoms with van der Waals surface area (Å²) >= 11 is 1.30. The summed E-state index contributed by atoms with van der Waals surface area (Å²) in [7, 11) is 0. The first-order valence-electron chi connectivity index (χ1n) is 6.49. The normalized spacial score (nSPS) is 14.7. The molecule has 0 spiro atoms. The Kier molecular flexibility index (Phi) is 6.37. The van der Waals surface area contributed by atoms with E-state index in [1.54, 1.807) is 20.8 Å². The lowest BCUT2D eigenvalue weighted by molar-refractivity contribution is -0.137. The van der Waals surface area contributed by atoms with Crippen LogP contribution in [0.4, 0.5) is 8.78 Å². The average molecular weight is 398 g/mol. The van der Waals surface area contributed by atoms with Gasteiger partial charge in [0.1, 0.15) is 16.4 Å². The summed E-state index contributed by atoms with van der Waals surface area (Å²) < 4.78 is 42.6. The Morgan fingerprint density at radius 3 is 2.45 bits per heavy atom. The van der Waals surface area contributed by atoms with Gasteiger partial charge in [-0.1, -0.05) is 0 Å². The molecule has 2 atom stereocenters. The smallest absolute Gasteiger partial charge is 0.305 e. The SMILES string of the molecule is Cc1cc(Br)c(F)c(C(CC(=O)O)N[S@+]([O-])C(C)(C)C)c1F. The van der Waals surface area contributed by atoms with Gasteiger partial charge in [0.05, 0.1) is 16.9 Å². The Morgan fingerprint density at radius 2 is 2.00 bits per heavy atom. The van der Waals surface area contributed by atoms with Crippen LogP contribution in [0.25, 0.3) is 0 Å². The highest BCUT2D eigenvalue weighted by Crippen LogP contribution is 2.32. The fourth-order valence-electron chi connectivity index (χ4n) is 1.74. The van der Waals surface area contributed by atoms with Crippen LogP contribution in [0, 0.1) is 18.6 Å². The summed E-state index contributed by atoms with van der Waals surface area (Å²) in [4.78, 5) is 11.0. The van der Waals surface area contributed by atoms with E-state index in [0.717, 1.165) is 0 Å². The van der Waals surface area contributed by atoms with E-state index in [0.29, 0.717) is 0 Å². The second kappa shape index (κ2) is 7.25. The third-order valence-corrected chi connectivity index (χ3v) is 5.09. The lowest BCUT2D eigenvalue weighted by atomic mass is 10.0. The first-order chi connectivity index (χ1) is 9.95. The fraction of sp³-hybridized carbons (Fsp3) is 0.500. The van der Waals surface area contributed by atoms with Crippen molar-refractivity contribution >= 4 is 33.3 Å². The van der Waals surface area contributed by atoms with E-state index >= 15 is 0 Å². The highest BCUT2D eigenvalue weighted by Gasteiger charge is 2.34. The molecule has 8 heteroatoms. The van der Waals surface area contributed by atoms with E-state index < -0.39 is 51.7 Å². The first kappa shape index (κ1) is 19.3. The van der Waals surface area contributed by atoms with Gasteiger partial charge in [0.25, 0.3) is 0 Å². The number of carboxylic acids is 1. The van der Waals surface area contributed by atoms with Crippen molar-refractivity contribution in [1.29, 1.82) is 0 Å². The monoisotopic (exact) mass is 397 g/mol. The number of halogens is 3. The Bertz CT molecular complexity index is 552. The zero-order chi connectivity index (χ0) is 17.2. The number of nitrogens with one attached hydrogen (secondary N) is 1. The van der Waals surface area contributed by atoms with Crippen LogP contribution in [0.5, 0.6) is 0 Å². The van der Waals surface area contributed by atoms with Gasteiger partial charge in [-0.2, -0.15) is 0 Å². The highest BCUT2D eigenvalue weighted by atomic mass is 79.9. The standard InChI is InChI=1S/C14H18BrF2NO3S/c1-7-5-8(15)13(17)11(12(7)16)9(6-10(19)20)18-22(21)14(2,3)4/h5,9,18H,6H2,1-4H3,(H,19,20)/t9?,22-/m1/s1. The number of hydrogen-bond donors (Lipinski definition) is 2. The topological polar surface area (TPSA) is 72.4 Å². The summed E-state index contributed by atoms with van der Waals surface area (Å²) in [5.41, 5.74) is -0.256. The van der Waals surface area contributed by atoms with Crippen molar-refractivity contribution in [2.75, 3.05) is 0 Å². The van der Waals surface area contributed by atoms with Gasteiger partial charge < -0.3 is 9.66 Å². The number of benzene rings is 1. The maximum Gasteiger partial charge on any atom is 0.305 e. The van der Waals surface area contributed by atoms with Gasteiger partial charge in [-0.25, -0.2) is 8.78 Å². The predicted octanol–water partition coefficient (Wildman–Crippen LogP) is 3.60. The molecule has 0 saturated heterocycles. The maximum atomic E-state index is 14.3. The molecule has 22 heavy (non-hydrogen) atoms. The van der Waals surface area contributed by atoms with Crippen LogP contribution in [-0.2, 0) is 16.2 Å². The Balaban J connectivity index is 3.32. The molecule has 0 bridgehead atoms. The number of carbonyl (C=O) groups is 1. The van der Waals surface area contributed by atoms with Crippen LogP contribution in [0.15, 0.2) is 10.5 Å². The molecule has 0 aliphatic heterocycles. The van der Waals surface area contributed by atoms with Crippen molar-refractivity contribution in [3.05, 3.63) is 33.3 Å². The van der Waals surface area contributed by atoms with Crippen molar-refractivity contribution < 1.29 is 23.2 Å². The minimum Gasteiger partial charge on any atom is -0.598 e. The van der Waals surface area contributed by atoms with Crippen molar-refractivity contribution in [3.8, 4) is 0 Å². The van der Waals surface area contributed by atoms with Crippen LogP contribution in [0.1, 0.15) is 44.4 Å². The largest absolute Gasteiger partial charge is 0.598 e. The van der Waals surface area contributed by atoms with Gasteiger partial charge >= 0.3 is 5.97 Å². The first-order valence-corrected chi connectivity index (χ1v) is 8.43. The van der Waals surface area contributed by atoms with Gasteiger partial charge in [-0.05, 0) is 55.3 Å². The molecule has 2 N–H and O–H groups in total. The number of aliphatic carboxylic acids is 1. The average Bonchev–Trinajstić information content (AvgIpc) is 2.34. The second-order valence-corrected chi connectivity index (χ2v) is 8.72. The number of aryl methyl sites for hydroxylation is 1. The van der Waals surface area contributed by atoms with Crippen molar-refractivity contribution in [3.63, 3.8) is 0 Å². The summed E-state index contributed by atoms with van der Waals surface area (Å²) in [6.07, 6.45) is -0.592. The third kappa shape index (κ3) is 4.65. The van der Waals surface area contributed by atoms with Crippen LogP contribution < -0.4 is 4.72 Å². The van der Waals surface area contributed by atoms with E-state index in [2.05, 4.69) is 20.7 Å². The lowest BCUT2D eigenvalue weighted by Gasteiger charge is -2.28. The zero-order valence-corrected chi connectivity index (χ0v) is 15.1. The Labute approximate surface area is 139 Å². The number of carboxylic acid groups (broad SMARTS) is 1. The van der Waals surface area contributed by atoms with Crippen LogP contribution in [-0.4, -0.2) is 20.4 Å². The molecule has 124 valence electrons. The van der Waals surface area contributed by atoms with Crippen molar-refractivity contribution in [1.82, 2.24) is 4.72 Å². The zero-order valence-electron chi connectivity index (χ0n) is 12.7. The van der Waals surface area contributed by atoms with Crippen LogP contribution in [0.3, 0.4) is 0 Å². The molecule has 0 amide bonds. The molecule has 1 aromatic rings. The molecular formula is C14H18BrF2NO3S. The quantitative estimate of drug-likeness (QED) is 0.587. The molecule has 0 fully saturated rings. The van der Waals surface area contributed by atoms with Crippen molar-refractivity contribution in [2.24, 2.45) is 0 Å². The van der Waals surface area contributed by atoms with Gasteiger partial charge in [0.2, 0.25) is 0 Å². The van der Waals surface area contributed by atoms with Crippen LogP contribution >= 0.6 is 15.9 Å². The molecule has 0 radical (unpaired) electrons. The van der Waals surface area contributed by atoms with E-state index in [9.17, 15) is 18.1 Å². The molecule has 0 heterocycles. The van der Waals surface area contributed by atoms with E-state index in [1.807, 2.05) is 0 Å². The lowest BCUT2D eigenvalue weighted by Crippen LogP contribution is -2.42. The van der Waals surface area contributed by atoms with E-state index in [1.165, 1.54) is 13.0 Å². The molecule has 0 aliphatic carbocycles. The van der Waals surface area contributed by atoms with Gasteiger partial charge in [-0.3, -0.25) is 4.79 Å². The number of hydrogen-bond acceptors (Lipinski definition) is 3. The van der Waals surface area contributed by atoms with E-state index in [-0.39, 0.29) is 10.0 Å². The molecule has 0 saturated carbocycles. The molecular weight excluding hydrogens is 380 g/mol. The fourth-order valence-corrected chi connectivity index (χ4v) is 3.11. The summed E-state index contributed by atoms with van der Waals surface area (Å²) in [5, 5.41) is 8.99. The summed E-state index contributed by atoms with van der Waals surface area (Å²) in [6.45, 7) is 6.47. The molecule has 1 unspecified atom stereocenters. The Hall–Kier alpha value is -0.700. The second-order valence-electron chi connectivity index (χ2n) is 5.87. The van der Waals surface area contributed by atoms with Gasteiger partial charge in [0.15, 0.2) is 0 Å². The summed E-state index contributed by atoms with van der Waals surface area (Å²) in [6, 6.07) is 0.0287. The highest BCUT2D eigenvalue weighted by molar-refractivity contribution is 9.10. The maximum absolute atomic E-state index is 14.3. The minimum atomic E-state index is -1.68. The van der Waals surface area contributed by atoms with E-state index in [4.69, 9.17) is 5.11 Å². The number of rotatable bonds is 5. The predicted molar refractivity (Wildman–Crippen MR) is 84.8 cm³/mol. The molecule has 0 aromatic heterocycles.